The van der Waals surface area contributed by atoms with Crippen LogP contribution in [0.3, 0.4) is 0 Å². The Morgan fingerprint density at radius 2 is 2.07 bits per heavy atom. The Labute approximate surface area is 176 Å². The maximum absolute atomic E-state index is 12.6. The average Bonchev–Trinajstić information content (AvgIpc) is 2.97. The Bertz CT molecular complexity index is 735. The molecule has 2 rings (SSSR count). The molecule has 0 amide bonds. The summed E-state index contributed by atoms with van der Waals surface area (Å²) < 4.78 is 16.4. The molecule has 1 aliphatic heterocycles. The van der Waals surface area contributed by atoms with Gasteiger partial charge >= 0.3 is 17.9 Å². The number of rotatable bonds is 7. The van der Waals surface area contributed by atoms with E-state index in [1.165, 1.54) is 6.92 Å². The first-order valence-corrected chi connectivity index (χ1v) is 10.1. The van der Waals surface area contributed by atoms with Crippen LogP contribution in [0.5, 0.6) is 0 Å². The Kier molecular flexibility index (Phi) is 8.80. The summed E-state index contributed by atoms with van der Waals surface area (Å²) >= 11 is 0. The molecule has 4 atom stereocenters. The van der Waals surface area contributed by atoms with Crippen LogP contribution in [0.15, 0.2) is 35.5 Å². The normalized spacial score (nSPS) is 28.9. The van der Waals surface area contributed by atoms with E-state index < -0.39 is 30.1 Å². The molecule has 166 valence electrons. The first-order valence-electron chi connectivity index (χ1n) is 10.1. The molecule has 30 heavy (non-hydrogen) atoms. The van der Waals surface area contributed by atoms with Gasteiger partial charge in [-0.25, -0.2) is 9.68 Å². The molecule has 8 heteroatoms. The van der Waals surface area contributed by atoms with Crippen molar-refractivity contribution in [2.75, 3.05) is 13.2 Å². The molecular weight excluding hydrogens is 392 g/mol. The molecule has 0 saturated carbocycles. The van der Waals surface area contributed by atoms with Gasteiger partial charge in [-0.3, -0.25) is 14.8 Å². The molecule has 1 heterocycles. The van der Waals surface area contributed by atoms with Gasteiger partial charge in [0.1, 0.15) is 25.4 Å². The summed E-state index contributed by atoms with van der Waals surface area (Å²) in [5, 5.41) is 8.90. The number of esters is 3. The molecule has 0 radical (unpaired) electrons. The van der Waals surface area contributed by atoms with Crippen LogP contribution >= 0.6 is 0 Å². The summed E-state index contributed by atoms with van der Waals surface area (Å²) in [6, 6.07) is 0. The summed E-state index contributed by atoms with van der Waals surface area (Å²) in [5.74, 6) is -2.25. The number of ether oxygens (including phenoxy) is 3. The highest BCUT2D eigenvalue weighted by atomic mass is 17.1. The van der Waals surface area contributed by atoms with Gasteiger partial charge in [0.2, 0.25) is 0 Å². The molecule has 2 aliphatic rings. The summed E-state index contributed by atoms with van der Waals surface area (Å²) in [7, 11) is 0. The molecule has 0 aromatic heterocycles. The van der Waals surface area contributed by atoms with Gasteiger partial charge in [0, 0.05) is 18.9 Å². The van der Waals surface area contributed by atoms with E-state index >= 15 is 0 Å². The first-order chi connectivity index (χ1) is 14.3. The molecule has 0 bridgehead atoms. The van der Waals surface area contributed by atoms with Crippen LogP contribution in [-0.2, 0) is 33.5 Å². The van der Waals surface area contributed by atoms with Crippen LogP contribution in [0, 0.1) is 11.8 Å². The standard InChI is InChI=1S/C22H30O8/c1-5-13(2)21(24)29-18-9-16(11-27-15(4)23)7-6-8-17(12-28-26)10-19-20(18)14(3)22(25)30-19/h7,10,13,18-20,26H,3,5-6,8-9,11-12H2,1-2,4H3/b16-7-,17-10-/t13-,18-,19+,20-/m0/s1. The highest BCUT2D eigenvalue weighted by Gasteiger charge is 2.45. The van der Waals surface area contributed by atoms with Crippen molar-refractivity contribution in [1.29, 1.82) is 0 Å². The Balaban J connectivity index is 2.41. The number of hydrogen-bond donors (Lipinski definition) is 1. The zero-order valence-electron chi connectivity index (χ0n) is 17.7. The lowest BCUT2D eigenvalue weighted by Gasteiger charge is -2.29. The Morgan fingerprint density at radius 3 is 2.70 bits per heavy atom. The van der Waals surface area contributed by atoms with E-state index in [1.807, 2.05) is 13.0 Å². The van der Waals surface area contributed by atoms with E-state index in [4.69, 9.17) is 19.5 Å². The van der Waals surface area contributed by atoms with Crippen LogP contribution in [0.2, 0.25) is 0 Å². The van der Waals surface area contributed by atoms with Crippen LogP contribution in [-0.4, -0.2) is 48.6 Å². The molecule has 0 unspecified atom stereocenters. The molecule has 1 saturated heterocycles. The van der Waals surface area contributed by atoms with Gasteiger partial charge in [0.05, 0.1) is 11.8 Å². The number of carbonyl (C=O) groups excluding carboxylic acids is 3. The van der Waals surface area contributed by atoms with E-state index in [0.29, 0.717) is 19.3 Å². The zero-order chi connectivity index (χ0) is 22.3. The minimum Gasteiger partial charge on any atom is -0.461 e. The molecule has 1 aliphatic carbocycles. The van der Waals surface area contributed by atoms with Crippen molar-refractivity contribution in [1.82, 2.24) is 0 Å². The largest absolute Gasteiger partial charge is 0.461 e. The van der Waals surface area contributed by atoms with Gasteiger partial charge in [0.15, 0.2) is 0 Å². The second-order valence-electron chi connectivity index (χ2n) is 7.69. The molecule has 0 aromatic rings. The quantitative estimate of drug-likeness (QED) is 0.166. The van der Waals surface area contributed by atoms with Gasteiger partial charge in [-0.15, -0.1) is 0 Å². The van der Waals surface area contributed by atoms with Crippen molar-refractivity contribution in [3.05, 3.63) is 35.5 Å². The SMILES string of the molecule is C=C1C(=O)O[C@@H]2/C=C(\COO)CC/C=C(\COC(C)=O)C[C@H](OC(=O)[C@@H](C)CC)[C@H]12. The molecule has 0 aromatic carbocycles. The van der Waals surface area contributed by atoms with E-state index in [2.05, 4.69) is 11.5 Å². The molecule has 1 fully saturated rings. The second kappa shape index (κ2) is 11.1. The van der Waals surface area contributed by atoms with Gasteiger partial charge in [-0.1, -0.05) is 26.5 Å². The summed E-state index contributed by atoms with van der Waals surface area (Å²) in [6.07, 6.45) is 4.26. The minimum absolute atomic E-state index is 0.0440. The molecule has 8 nitrogen and oxygen atoms in total. The fourth-order valence-electron chi connectivity index (χ4n) is 3.49. The zero-order valence-corrected chi connectivity index (χ0v) is 17.7. The first kappa shape index (κ1) is 23.8. The highest BCUT2D eigenvalue weighted by molar-refractivity contribution is 5.91. The van der Waals surface area contributed by atoms with Crippen LogP contribution in [0.25, 0.3) is 0 Å². The van der Waals surface area contributed by atoms with Gasteiger partial charge in [-0.05, 0) is 36.5 Å². The summed E-state index contributed by atoms with van der Waals surface area (Å²) in [4.78, 5) is 40.4. The van der Waals surface area contributed by atoms with Crippen LogP contribution in [0.1, 0.15) is 46.5 Å². The maximum Gasteiger partial charge on any atom is 0.334 e. The van der Waals surface area contributed by atoms with Crippen molar-refractivity contribution in [2.45, 2.75) is 58.7 Å². The number of fused-ring (bicyclic) bond motifs is 1. The van der Waals surface area contributed by atoms with Crippen LogP contribution < -0.4 is 0 Å². The Hall–Kier alpha value is -2.45. The fourth-order valence-corrected chi connectivity index (χ4v) is 3.49. The predicted molar refractivity (Wildman–Crippen MR) is 107 cm³/mol. The maximum atomic E-state index is 12.6. The third-order valence-corrected chi connectivity index (χ3v) is 5.42. The monoisotopic (exact) mass is 422 g/mol. The molecule has 1 N–H and O–H groups in total. The highest BCUT2D eigenvalue weighted by Crippen LogP contribution is 2.36. The van der Waals surface area contributed by atoms with Crippen molar-refractivity contribution in [3.63, 3.8) is 0 Å². The third kappa shape index (κ3) is 6.27. The summed E-state index contributed by atoms with van der Waals surface area (Å²) in [6.45, 7) is 8.86. The van der Waals surface area contributed by atoms with Crippen molar-refractivity contribution in [3.8, 4) is 0 Å². The predicted octanol–water partition coefficient (Wildman–Crippen LogP) is 3.13. The fraction of sp³-hybridized carbons (Fsp3) is 0.591. The van der Waals surface area contributed by atoms with E-state index in [-0.39, 0.29) is 37.1 Å². The number of allylic oxidation sites excluding steroid dienone is 1. The van der Waals surface area contributed by atoms with E-state index in [1.54, 1.807) is 13.0 Å². The van der Waals surface area contributed by atoms with E-state index in [9.17, 15) is 14.4 Å². The number of hydrogen-bond acceptors (Lipinski definition) is 8. The van der Waals surface area contributed by atoms with Crippen molar-refractivity contribution < 1.29 is 38.7 Å². The van der Waals surface area contributed by atoms with Crippen molar-refractivity contribution >= 4 is 17.9 Å². The van der Waals surface area contributed by atoms with Gasteiger partial charge in [-0.2, -0.15) is 0 Å². The third-order valence-electron chi connectivity index (χ3n) is 5.42. The number of carbonyl (C=O) groups is 3. The lowest BCUT2D eigenvalue weighted by Crippen LogP contribution is -2.35. The molecule has 0 spiro atoms. The minimum atomic E-state index is -0.720. The van der Waals surface area contributed by atoms with Gasteiger partial charge in [0.25, 0.3) is 0 Å². The lowest BCUT2D eigenvalue weighted by atomic mass is 9.85. The van der Waals surface area contributed by atoms with E-state index in [0.717, 1.165) is 11.1 Å². The second-order valence-corrected chi connectivity index (χ2v) is 7.69. The Morgan fingerprint density at radius 1 is 1.33 bits per heavy atom. The summed E-state index contributed by atoms with van der Waals surface area (Å²) in [5.41, 5.74) is 1.71. The topological polar surface area (TPSA) is 108 Å². The van der Waals surface area contributed by atoms with Gasteiger partial charge < -0.3 is 14.2 Å². The smallest absolute Gasteiger partial charge is 0.334 e. The average molecular weight is 422 g/mol. The van der Waals surface area contributed by atoms with Crippen molar-refractivity contribution in [2.24, 2.45) is 11.8 Å². The van der Waals surface area contributed by atoms with Crippen LogP contribution in [0.4, 0.5) is 0 Å². The lowest BCUT2D eigenvalue weighted by molar-refractivity contribution is -0.234. The molecular formula is C22H30O8.